The van der Waals surface area contributed by atoms with Crippen molar-refractivity contribution in [3.05, 3.63) is 17.3 Å². The van der Waals surface area contributed by atoms with Crippen molar-refractivity contribution in [2.24, 2.45) is 0 Å². The fourth-order valence-electron chi connectivity index (χ4n) is 6.71. The number of hydrogen-bond donors (Lipinski definition) is 1. The van der Waals surface area contributed by atoms with Gasteiger partial charge >= 0.3 is 0 Å². The van der Waals surface area contributed by atoms with Crippen LogP contribution in [-0.2, 0) is 11.2 Å². The van der Waals surface area contributed by atoms with Crippen LogP contribution in [0.5, 0.6) is 5.88 Å². The standard InChI is InChI=1S/C29H42N6O3/c1-4-8-21-26(20-9-5-6-11-23(20)36)33-38-27(21)28-31-24(35-16-14-30-29(18-35)12-13-29)17-25(32-28)37-19(2)22-10-7-15-34(22)3/h17,19-20,22,30H,4-16,18H2,1-3H3/t19-,20?,22?/m0/s1. The molecular formula is C29H42N6O3. The average Bonchev–Trinajstić information content (AvgIpc) is 3.30. The zero-order valence-corrected chi connectivity index (χ0v) is 23.2. The van der Waals surface area contributed by atoms with Gasteiger partial charge in [0.25, 0.3) is 0 Å². The first-order valence-electron chi connectivity index (χ1n) is 14.7. The maximum atomic E-state index is 12.8. The third-order valence-electron chi connectivity index (χ3n) is 9.07. The Morgan fingerprint density at radius 3 is 2.82 bits per heavy atom. The number of likely N-dealkylation sites (N-methyl/N-ethyl adjacent to an activating group) is 1. The minimum absolute atomic E-state index is 0.0103. The van der Waals surface area contributed by atoms with Crippen LogP contribution in [0, 0.1) is 0 Å². The summed E-state index contributed by atoms with van der Waals surface area (Å²) in [6.07, 6.45) is 9.93. The Morgan fingerprint density at radius 1 is 1.21 bits per heavy atom. The van der Waals surface area contributed by atoms with Crippen LogP contribution in [0.25, 0.3) is 11.6 Å². The van der Waals surface area contributed by atoms with E-state index in [1.807, 2.05) is 6.07 Å². The number of ketones is 1. The van der Waals surface area contributed by atoms with Gasteiger partial charge in [0, 0.05) is 49.3 Å². The highest BCUT2D eigenvalue weighted by atomic mass is 16.5. The van der Waals surface area contributed by atoms with Crippen LogP contribution in [0.1, 0.15) is 88.8 Å². The second kappa shape index (κ2) is 10.6. The molecule has 2 saturated heterocycles. The Hall–Kier alpha value is -2.52. The number of nitrogens with zero attached hydrogens (tertiary/aromatic N) is 5. The molecule has 2 aliphatic heterocycles. The summed E-state index contributed by atoms with van der Waals surface area (Å²) in [5.41, 5.74) is 2.00. The number of anilines is 1. The molecule has 0 amide bonds. The van der Waals surface area contributed by atoms with E-state index in [4.69, 9.17) is 19.2 Å². The summed E-state index contributed by atoms with van der Waals surface area (Å²) in [7, 11) is 2.17. The number of rotatable bonds is 8. The Labute approximate surface area is 225 Å². The molecule has 4 heterocycles. The molecule has 6 rings (SSSR count). The van der Waals surface area contributed by atoms with Gasteiger partial charge in [0.05, 0.1) is 11.6 Å². The highest BCUT2D eigenvalue weighted by Crippen LogP contribution is 2.40. The van der Waals surface area contributed by atoms with Gasteiger partial charge in [-0.25, -0.2) is 4.98 Å². The first-order chi connectivity index (χ1) is 18.5. The Balaban J connectivity index is 1.37. The van der Waals surface area contributed by atoms with Gasteiger partial charge in [-0.15, -0.1) is 0 Å². The molecule has 0 aromatic carbocycles. The van der Waals surface area contributed by atoms with E-state index in [1.54, 1.807) is 0 Å². The Kier molecular flexibility index (Phi) is 7.16. The molecule has 9 nitrogen and oxygen atoms in total. The van der Waals surface area contributed by atoms with Crippen LogP contribution in [0.4, 0.5) is 5.82 Å². The van der Waals surface area contributed by atoms with E-state index < -0.39 is 0 Å². The molecule has 2 aromatic heterocycles. The molecule has 4 aliphatic rings. The molecule has 0 radical (unpaired) electrons. The van der Waals surface area contributed by atoms with E-state index in [1.165, 1.54) is 19.3 Å². The summed E-state index contributed by atoms with van der Waals surface area (Å²) in [5, 5.41) is 8.17. The quantitative estimate of drug-likeness (QED) is 0.549. The molecule has 3 atom stereocenters. The third kappa shape index (κ3) is 5.07. The van der Waals surface area contributed by atoms with Gasteiger partial charge in [-0.05, 0) is 65.5 Å². The maximum Gasteiger partial charge on any atom is 0.219 e. The van der Waals surface area contributed by atoms with E-state index in [-0.39, 0.29) is 23.3 Å². The number of hydrogen-bond acceptors (Lipinski definition) is 9. The lowest BCUT2D eigenvalue weighted by molar-refractivity contribution is -0.122. The van der Waals surface area contributed by atoms with Gasteiger partial charge in [0.15, 0.2) is 0 Å². The van der Waals surface area contributed by atoms with Crippen molar-refractivity contribution in [3.8, 4) is 17.5 Å². The van der Waals surface area contributed by atoms with Crippen LogP contribution in [-0.4, -0.2) is 76.7 Å². The first kappa shape index (κ1) is 25.7. The predicted octanol–water partition coefficient (Wildman–Crippen LogP) is 4.11. The topological polar surface area (TPSA) is 96.6 Å². The lowest BCUT2D eigenvalue weighted by atomic mass is 9.83. The highest BCUT2D eigenvalue weighted by Gasteiger charge is 2.46. The van der Waals surface area contributed by atoms with Crippen molar-refractivity contribution >= 4 is 11.6 Å². The normalized spacial score (nSPS) is 26.2. The number of Topliss-reactive ketones (excluding diaryl/α,β-unsaturated/α-hetero) is 1. The fraction of sp³-hybridized carbons (Fsp3) is 0.724. The monoisotopic (exact) mass is 522 g/mol. The molecule has 9 heteroatoms. The number of carbonyl (C=O) groups excluding carboxylic acids is 1. The molecule has 0 bridgehead atoms. The third-order valence-corrected chi connectivity index (χ3v) is 9.07. The fourth-order valence-corrected chi connectivity index (χ4v) is 6.71. The van der Waals surface area contributed by atoms with Crippen LogP contribution < -0.4 is 15.0 Å². The number of piperazine rings is 1. The van der Waals surface area contributed by atoms with Crippen molar-refractivity contribution in [1.29, 1.82) is 0 Å². The molecule has 1 spiro atoms. The van der Waals surface area contributed by atoms with Gasteiger partial charge in [0.1, 0.15) is 17.7 Å². The number of aromatic nitrogens is 3. The van der Waals surface area contributed by atoms with Crippen LogP contribution in [0.15, 0.2) is 10.6 Å². The van der Waals surface area contributed by atoms with E-state index in [9.17, 15) is 4.79 Å². The van der Waals surface area contributed by atoms with Crippen LogP contribution >= 0.6 is 0 Å². The van der Waals surface area contributed by atoms with Crippen molar-refractivity contribution in [3.63, 3.8) is 0 Å². The van der Waals surface area contributed by atoms with Gasteiger partial charge in [-0.3, -0.25) is 9.69 Å². The molecule has 38 heavy (non-hydrogen) atoms. The summed E-state index contributed by atoms with van der Waals surface area (Å²) in [5.74, 6) is 2.65. The highest BCUT2D eigenvalue weighted by molar-refractivity contribution is 5.86. The lowest BCUT2D eigenvalue weighted by Gasteiger charge is -2.35. The van der Waals surface area contributed by atoms with E-state index in [0.717, 1.165) is 81.8 Å². The predicted molar refractivity (Wildman–Crippen MR) is 146 cm³/mol. The van der Waals surface area contributed by atoms with E-state index in [2.05, 4.69) is 41.2 Å². The van der Waals surface area contributed by atoms with Crippen molar-refractivity contribution in [2.45, 2.75) is 102 Å². The maximum absolute atomic E-state index is 12.8. The smallest absolute Gasteiger partial charge is 0.219 e. The SMILES string of the molecule is CCCc1c(C2CCCCC2=O)noc1-c1nc(O[C@@H](C)C2CCCN2C)cc(N2CCNC3(CC3)C2)n1. The Bertz CT molecular complexity index is 1160. The van der Waals surface area contributed by atoms with Gasteiger partial charge < -0.3 is 19.5 Å². The summed E-state index contributed by atoms with van der Waals surface area (Å²) in [6.45, 7) is 8.15. The zero-order valence-electron chi connectivity index (χ0n) is 23.2. The average molecular weight is 523 g/mol. The summed E-state index contributed by atoms with van der Waals surface area (Å²) >= 11 is 0. The summed E-state index contributed by atoms with van der Waals surface area (Å²) < 4.78 is 12.5. The van der Waals surface area contributed by atoms with Crippen molar-refractivity contribution in [2.75, 3.05) is 38.1 Å². The molecule has 2 aromatic rings. The molecule has 4 fully saturated rings. The van der Waals surface area contributed by atoms with Gasteiger partial charge in [-0.1, -0.05) is 24.9 Å². The number of likely N-dealkylation sites (tertiary alicyclic amines) is 1. The Morgan fingerprint density at radius 2 is 2.08 bits per heavy atom. The molecule has 206 valence electrons. The zero-order chi connectivity index (χ0) is 26.3. The first-order valence-corrected chi connectivity index (χ1v) is 14.7. The second-order valence-electron chi connectivity index (χ2n) is 11.9. The van der Waals surface area contributed by atoms with Crippen molar-refractivity contribution in [1.82, 2.24) is 25.3 Å². The molecule has 2 aliphatic carbocycles. The van der Waals surface area contributed by atoms with Gasteiger partial charge in [0.2, 0.25) is 17.5 Å². The van der Waals surface area contributed by atoms with Crippen LogP contribution in [0.2, 0.25) is 0 Å². The molecule has 1 N–H and O–H groups in total. The lowest BCUT2D eigenvalue weighted by Crippen LogP contribution is -2.52. The minimum atomic E-state index is -0.178. The minimum Gasteiger partial charge on any atom is -0.473 e. The number of ether oxygens (including phenoxy) is 1. The number of nitrogens with one attached hydrogen (secondary N) is 1. The summed E-state index contributed by atoms with van der Waals surface area (Å²) in [6, 6.07) is 2.37. The van der Waals surface area contributed by atoms with Crippen molar-refractivity contribution < 1.29 is 14.1 Å². The molecular weight excluding hydrogens is 480 g/mol. The van der Waals surface area contributed by atoms with Crippen LogP contribution in [0.3, 0.4) is 0 Å². The van der Waals surface area contributed by atoms with E-state index >= 15 is 0 Å². The molecule has 2 saturated carbocycles. The summed E-state index contributed by atoms with van der Waals surface area (Å²) in [4.78, 5) is 27.5. The molecule has 2 unspecified atom stereocenters. The largest absolute Gasteiger partial charge is 0.473 e. The second-order valence-corrected chi connectivity index (χ2v) is 11.9. The number of carbonyl (C=O) groups is 1. The van der Waals surface area contributed by atoms with E-state index in [0.29, 0.717) is 29.9 Å². The van der Waals surface area contributed by atoms with Gasteiger partial charge in [-0.2, -0.15) is 4.98 Å².